The zero-order chi connectivity index (χ0) is 12.5. The van der Waals surface area contributed by atoms with Gasteiger partial charge in [0.25, 0.3) is 0 Å². The lowest BCUT2D eigenvalue weighted by Crippen LogP contribution is -2.24. The van der Waals surface area contributed by atoms with Gasteiger partial charge in [0.15, 0.2) is 0 Å². The van der Waals surface area contributed by atoms with Crippen LogP contribution in [0.15, 0.2) is 28.7 Å². The molecule has 0 heterocycles. The van der Waals surface area contributed by atoms with Gasteiger partial charge in [-0.1, -0.05) is 41.4 Å². The van der Waals surface area contributed by atoms with Crippen molar-refractivity contribution in [3.63, 3.8) is 0 Å². The summed E-state index contributed by atoms with van der Waals surface area (Å²) in [6, 6.07) is 8.50. The molecule has 1 rings (SSSR count). The predicted octanol–water partition coefficient (Wildman–Crippen LogP) is 3.53. The second-order valence-electron chi connectivity index (χ2n) is 4.35. The van der Waals surface area contributed by atoms with Crippen LogP contribution < -0.4 is 5.73 Å². The van der Waals surface area contributed by atoms with Gasteiger partial charge < -0.3 is 10.5 Å². The highest BCUT2D eigenvalue weighted by Crippen LogP contribution is 2.13. The first-order valence-electron chi connectivity index (χ1n) is 6.30. The van der Waals surface area contributed by atoms with E-state index in [1.165, 1.54) is 12.0 Å². The molecule has 0 aromatic heterocycles. The number of nitrogens with two attached hydrogens (primary N) is 1. The maximum atomic E-state index is 6.08. The van der Waals surface area contributed by atoms with E-state index in [9.17, 15) is 0 Å². The molecule has 1 unspecified atom stereocenters. The van der Waals surface area contributed by atoms with Crippen LogP contribution in [-0.2, 0) is 11.2 Å². The standard InChI is InChI=1S/C14H22BrNO/c1-2-3-8-17-9-7-14(16)11-12-5-4-6-13(15)10-12/h4-6,10,14H,2-3,7-9,11,16H2,1H3. The van der Waals surface area contributed by atoms with Gasteiger partial charge >= 0.3 is 0 Å². The number of rotatable bonds is 8. The second kappa shape index (κ2) is 8.67. The molecule has 1 aromatic rings. The summed E-state index contributed by atoms with van der Waals surface area (Å²) >= 11 is 3.47. The van der Waals surface area contributed by atoms with Crippen molar-refractivity contribution >= 4 is 15.9 Å². The Kier molecular flexibility index (Phi) is 7.49. The third kappa shape index (κ3) is 6.81. The smallest absolute Gasteiger partial charge is 0.0480 e. The zero-order valence-corrected chi connectivity index (χ0v) is 12.1. The van der Waals surface area contributed by atoms with E-state index in [4.69, 9.17) is 10.5 Å². The normalized spacial score (nSPS) is 12.6. The molecule has 1 atom stereocenters. The van der Waals surface area contributed by atoms with Crippen molar-refractivity contribution in [2.24, 2.45) is 5.73 Å². The first kappa shape index (κ1) is 14.7. The lowest BCUT2D eigenvalue weighted by molar-refractivity contribution is 0.124. The monoisotopic (exact) mass is 299 g/mol. The number of halogens is 1. The van der Waals surface area contributed by atoms with E-state index in [0.29, 0.717) is 0 Å². The Bertz CT molecular complexity index is 317. The number of ether oxygens (including phenoxy) is 1. The molecule has 96 valence electrons. The van der Waals surface area contributed by atoms with Gasteiger partial charge in [-0.25, -0.2) is 0 Å². The van der Waals surface area contributed by atoms with Gasteiger partial charge in [0, 0.05) is 23.7 Å². The van der Waals surface area contributed by atoms with E-state index in [1.54, 1.807) is 0 Å². The van der Waals surface area contributed by atoms with Crippen LogP contribution in [0.2, 0.25) is 0 Å². The van der Waals surface area contributed by atoms with E-state index in [-0.39, 0.29) is 6.04 Å². The van der Waals surface area contributed by atoms with E-state index in [1.807, 2.05) is 12.1 Å². The lowest BCUT2D eigenvalue weighted by Gasteiger charge is -2.12. The fourth-order valence-corrected chi connectivity index (χ4v) is 2.10. The van der Waals surface area contributed by atoms with Crippen molar-refractivity contribution in [3.05, 3.63) is 34.3 Å². The Balaban J connectivity index is 2.18. The molecule has 0 spiro atoms. The molecule has 0 radical (unpaired) electrons. The highest BCUT2D eigenvalue weighted by atomic mass is 79.9. The summed E-state index contributed by atoms with van der Waals surface area (Å²) in [5, 5.41) is 0. The van der Waals surface area contributed by atoms with Crippen molar-refractivity contribution < 1.29 is 4.74 Å². The summed E-state index contributed by atoms with van der Waals surface area (Å²) in [5.74, 6) is 0. The van der Waals surface area contributed by atoms with Crippen molar-refractivity contribution in [1.82, 2.24) is 0 Å². The molecule has 3 heteroatoms. The summed E-state index contributed by atoms with van der Waals surface area (Å²) in [5.41, 5.74) is 7.35. The number of unbranched alkanes of at least 4 members (excludes halogenated alkanes) is 1. The molecule has 0 fully saturated rings. The molecule has 1 aromatic carbocycles. The van der Waals surface area contributed by atoms with Crippen LogP contribution in [0.1, 0.15) is 31.7 Å². The van der Waals surface area contributed by atoms with Crippen LogP contribution in [-0.4, -0.2) is 19.3 Å². The van der Waals surface area contributed by atoms with Gasteiger partial charge in [-0.15, -0.1) is 0 Å². The molecule has 0 aliphatic rings. The number of hydrogen-bond donors (Lipinski definition) is 1. The van der Waals surface area contributed by atoms with Crippen molar-refractivity contribution in [3.8, 4) is 0 Å². The van der Waals surface area contributed by atoms with Crippen LogP contribution in [0.3, 0.4) is 0 Å². The average Bonchev–Trinajstić information content (AvgIpc) is 2.29. The molecule has 0 amide bonds. The first-order valence-corrected chi connectivity index (χ1v) is 7.09. The van der Waals surface area contributed by atoms with Crippen molar-refractivity contribution in [2.45, 2.75) is 38.6 Å². The highest BCUT2D eigenvalue weighted by molar-refractivity contribution is 9.10. The quantitative estimate of drug-likeness (QED) is 0.745. The van der Waals surface area contributed by atoms with E-state index >= 15 is 0 Å². The van der Waals surface area contributed by atoms with Gasteiger partial charge in [0.05, 0.1) is 0 Å². The van der Waals surface area contributed by atoms with Crippen LogP contribution >= 0.6 is 15.9 Å². The van der Waals surface area contributed by atoms with E-state index < -0.39 is 0 Å². The van der Waals surface area contributed by atoms with Gasteiger partial charge in [0.1, 0.15) is 0 Å². The molecule has 0 aliphatic heterocycles. The summed E-state index contributed by atoms with van der Waals surface area (Å²) in [7, 11) is 0. The maximum Gasteiger partial charge on any atom is 0.0480 e. The van der Waals surface area contributed by atoms with Gasteiger partial charge in [-0.3, -0.25) is 0 Å². The number of hydrogen-bond acceptors (Lipinski definition) is 2. The molecule has 17 heavy (non-hydrogen) atoms. The molecule has 2 nitrogen and oxygen atoms in total. The third-order valence-corrected chi connectivity index (χ3v) is 3.16. The summed E-state index contributed by atoms with van der Waals surface area (Å²) in [6.45, 7) is 3.80. The summed E-state index contributed by atoms with van der Waals surface area (Å²) < 4.78 is 6.63. The van der Waals surface area contributed by atoms with Crippen LogP contribution in [0.25, 0.3) is 0 Å². The second-order valence-corrected chi connectivity index (χ2v) is 5.26. The molecule has 0 saturated heterocycles. The minimum absolute atomic E-state index is 0.186. The van der Waals surface area contributed by atoms with Crippen LogP contribution in [0.5, 0.6) is 0 Å². The van der Waals surface area contributed by atoms with Gasteiger partial charge in [-0.05, 0) is 37.0 Å². The van der Waals surface area contributed by atoms with Gasteiger partial charge in [-0.2, -0.15) is 0 Å². The molecular weight excluding hydrogens is 278 g/mol. The molecule has 2 N–H and O–H groups in total. The summed E-state index contributed by atoms with van der Waals surface area (Å²) in [6.07, 6.45) is 4.16. The fraction of sp³-hybridized carbons (Fsp3) is 0.571. The minimum atomic E-state index is 0.186. The SMILES string of the molecule is CCCCOCCC(N)Cc1cccc(Br)c1. The van der Waals surface area contributed by atoms with E-state index in [0.717, 1.165) is 36.9 Å². The largest absolute Gasteiger partial charge is 0.381 e. The average molecular weight is 300 g/mol. The molecular formula is C14H22BrNO. The highest BCUT2D eigenvalue weighted by Gasteiger charge is 2.04. The Morgan fingerprint density at radius 2 is 2.18 bits per heavy atom. The molecule has 0 saturated carbocycles. The van der Waals surface area contributed by atoms with Crippen molar-refractivity contribution in [2.75, 3.05) is 13.2 Å². The lowest BCUT2D eigenvalue weighted by atomic mass is 10.0. The Morgan fingerprint density at radius 1 is 1.35 bits per heavy atom. The Hall–Kier alpha value is -0.380. The number of benzene rings is 1. The topological polar surface area (TPSA) is 35.2 Å². The predicted molar refractivity (Wildman–Crippen MR) is 76.2 cm³/mol. The van der Waals surface area contributed by atoms with Gasteiger partial charge in [0.2, 0.25) is 0 Å². The van der Waals surface area contributed by atoms with Crippen LogP contribution in [0, 0.1) is 0 Å². The summed E-state index contributed by atoms with van der Waals surface area (Å²) in [4.78, 5) is 0. The zero-order valence-electron chi connectivity index (χ0n) is 10.5. The van der Waals surface area contributed by atoms with Crippen molar-refractivity contribution in [1.29, 1.82) is 0 Å². The minimum Gasteiger partial charge on any atom is -0.381 e. The maximum absolute atomic E-state index is 6.08. The third-order valence-electron chi connectivity index (χ3n) is 2.66. The fourth-order valence-electron chi connectivity index (χ4n) is 1.65. The Morgan fingerprint density at radius 3 is 2.88 bits per heavy atom. The molecule has 0 bridgehead atoms. The first-order chi connectivity index (χ1) is 8.22. The molecule has 0 aliphatic carbocycles. The Labute approximate surface area is 113 Å². The van der Waals surface area contributed by atoms with Crippen LogP contribution in [0.4, 0.5) is 0 Å². The van der Waals surface area contributed by atoms with E-state index in [2.05, 4.69) is 35.0 Å².